The zero-order valence-corrected chi connectivity index (χ0v) is 11.8. The lowest BCUT2D eigenvalue weighted by molar-refractivity contribution is 0.0747. The normalized spacial score (nSPS) is 14.8. The quantitative estimate of drug-likeness (QED) is 0.848. The number of hydrogen-bond donors (Lipinski definition) is 0. The van der Waals surface area contributed by atoms with Gasteiger partial charge in [-0.2, -0.15) is 0 Å². The predicted octanol–water partition coefficient (Wildman–Crippen LogP) is 3.32. The van der Waals surface area contributed by atoms with Crippen LogP contribution in [0.2, 0.25) is 5.02 Å². The number of amides is 1. The van der Waals surface area contributed by atoms with Gasteiger partial charge in [-0.1, -0.05) is 29.8 Å². The molecule has 102 valence electrons. The van der Waals surface area contributed by atoms with Crippen molar-refractivity contribution in [1.29, 1.82) is 0 Å². The third-order valence-electron chi connectivity index (χ3n) is 3.54. The molecule has 0 aliphatic carbocycles. The standard InChI is InChI=1S/C16H15ClN2O/c17-13-7-8-18-14(10-13)11-19-9-3-5-12-4-1-2-6-15(12)16(19)20/h1-2,4,6-8,10H,3,5,9,11H2. The Kier molecular flexibility index (Phi) is 3.70. The van der Waals surface area contributed by atoms with E-state index in [-0.39, 0.29) is 5.91 Å². The third kappa shape index (κ3) is 2.68. The average Bonchev–Trinajstić information content (AvgIpc) is 2.60. The lowest BCUT2D eigenvalue weighted by Gasteiger charge is -2.20. The zero-order valence-electron chi connectivity index (χ0n) is 11.1. The van der Waals surface area contributed by atoms with Crippen LogP contribution in [0, 0.1) is 0 Å². The second kappa shape index (κ2) is 5.63. The van der Waals surface area contributed by atoms with Crippen LogP contribution in [0.15, 0.2) is 42.6 Å². The fourth-order valence-corrected chi connectivity index (χ4v) is 2.74. The van der Waals surface area contributed by atoms with Gasteiger partial charge in [-0.25, -0.2) is 0 Å². The van der Waals surface area contributed by atoms with E-state index in [9.17, 15) is 4.79 Å². The summed E-state index contributed by atoms with van der Waals surface area (Å²) in [5.41, 5.74) is 2.77. The van der Waals surface area contributed by atoms with Crippen LogP contribution in [0.25, 0.3) is 0 Å². The Balaban J connectivity index is 1.86. The van der Waals surface area contributed by atoms with E-state index in [1.165, 1.54) is 0 Å². The number of fused-ring (bicyclic) bond motifs is 1. The topological polar surface area (TPSA) is 33.2 Å². The molecule has 2 aromatic rings. The predicted molar refractivity (Wildman–Crippen MR) is 78.8 cm³/mol. The van der Waals surface area contributed by atoms with Gasteiger partial charge in [-0.15, -0.1) is 0 Å². The smallest absolute Gasteiger partial charge is 0.254 e. The molecule has 3 nitrogen and oxygen atoms in total. The highest BCUT2D eigenvalue weighted by atomic mass is 35.5. The highest BCUT2D eigenvalue weighted by Crippen LogP contribution is 2.20. The van der Waals surface area contributed by atoms with E-state index in [0.717, 1.165) is 36.2 Å². The molecule has 1 aliphatic rings. The van der Waals surface area contributed by atoms with Gasteiger partial charge in [-0.05, 0) is 36.6 Å². The molecule has 20 heavy (non-hydrogen) atoms. The first-order chi connectivity index (χ1) is 9.74. The summed E-state index contributed by atoms with van der Waals surface area (Å²) in [6.45, 7) is 1.26. The summed E-state index contributed by atoms with van der Waals surface area (Å²) >= 11 is 5.97. The van der Waals surface area contributed by atoms with Crippen LogP contribution in [-0.2, 0) is 13.0 Å². The number of aryl methyl sites for hydroxylation is 1. The summed E-state index contributed by atoms with van der Waals surface area (Å²) in [7, 11) is 0. The van der Waals surface area contributed by atoms with Crippen molar-refractivity contribution in [3.05, 3.63) is 64.4 Å². The Bertz CT molecular complexity index is 642. The van der Waals surface area contributed by atoms with Crippen molar-refractivity contribution in [1.82, 2.24) is 9.88 Å². The van der Waals surface area contributed by atoms with Crippen molar-refractivity contribution in [3.63, 3.8) is 0 Å². The molecule has 0 saturated heterocycles. The molecule has 0 atom stereocenters. The maximum absolute atomic E-state index is 12.6. The largest absolute Gasteiger partial charge is 0.333 e. The summed E-state index contributed by atoms with van der Waals surface area (Å²) in [6.07, 6.45) is 3.60. The highest BCUT2D eigenvalue weighted by molar-refractivity contribution is 6.30. The number of halogens is 1. The Hall–Kier alpha value is -1.87. The van der Waals surface area contributed by atoms with Crippen molar-refractivity contribution in [2.75, 3.05) is 6.54 Å². The van der Waals surface area contributed by atoms with Gasteiger partial charge in [0.15, 0.2) is 0 Å². The van der Waals surface area contributed by atoms with Gasteiger partial charge in [-0.3, -0.25) is 9.78 Å². The van der Waals surface area contributed by atoms with Crippen LogP contribution in [-0.4, -0.2) is 22.3 Å². The van der Waals surface area contributed by atoms with Gasteiger partial charge in [0.1, 0.15) is 0 Å². The fraction of sp³-hybridized carbons (Fsp3) is 0.250. The lowest BCUT2D eigenvalue weighted by Crippen LogP contribution is -2.30. The zero-order chi connectivity index (χ0) is 13.9. The molecule has 1 amide bonds. The minimum atomic E-state index is 0.0832. The van der Waals surface area contributed by atoms with Gasteiger partial charge in [0.25, 0.3) is 5.91 Å². The van der Waals surface area contributed by atoms with Crippen molar-refractivity contribution in [3.8, 4) is 0 Å². The van der Waals surface area contributed by atoms with Crippen molar-refractivity contribution >= 4 is 17.5 Å². The average molecular weight is 287 g/mol. The minimum absolute atomic E-state index is 0.0832. The van der Waals surface area contributed by atoms with E-state index < -0.39 is 0 Å². The Morgan fingerprint density at radius 3 is 2.95 bits per heavy atom. The first-order valence-corrected chi connectivity index (χ1v) is 7.09. The molecule has 0 unspecified atom stereocenters. The molecule has 0 fully saturated rings. The molecule has 0 saturated carbocycles. The van der Waals surface area contributed by atoms with Crippen LogP contribution in [0.5, 0.6) is 0 Å². The van der Waals surface area contributed by atoms with Crippen LogP contribution in [0.3, 0.4) is 0 Å². The molecular weight excluding hydrogens is 272 g/mol. The number of hydrogen-bond acceptors (Lipinski definition) is 2. The molecule has 2 heterocycles. The van der Waals surface area contributed by atoms with Gasteiger partial charge in [0.2, 0.25) is 0 Å². The number of aromatic nitrogens is 1. The second-order valence-electron chi connectivity index (χ2n) is 4.95. The van der Waals surface area contributed by atoms with Gasteiger partial charge >= 0.3 is 0 Å². The summed E-state index contributed by atoms with van der Waals surface area (Å²) in [5, 5.41) is 0.651. The molecule has 1 aromatic carbocycles. The molecule has 1 aromatic heterocycles. The first-order valence-electron chi connectivity index (χ1n) is 6.71. The van der Waals surface area contributed by atoms with Gasteiger partial charge in [0, 0.05) is 23.3 Å². The Morgan fingerprint density at radius 2 is 2.10 bits per heavy atom. The minimum Gasteiger partial charge on any atom is -0.333 e. The lowest BCUT2D eigenvalue weighted by atomic mass is 10.0. The summed E-state index contributed by atoms with van der Waals surface area (Å²) in [5.74, 6) is 0.0832. The molecule has 3 rings (SSSR count). The molecule has 0 spiro atoms. The number of nitrogens with zero attached hydrogens (tertiary/aromatic N) is 2. The summed E-state index contributed by atoms with van der Waals surface area (Å²) in [6, 6.07) is 11.4. The van der Waals surface area contributed by atoms with Gasteiger partial charge in [0.05, 0.1) is 12.2 Å². The molecule has 4 heteroatoms. The van der Waals surface area contributed by atoms with Crippen molar-refractivity contribution in [2.45, 2.75) is 19.4 Å². The maximum atomic E-state index is 12.6. The molecule has 0 bridgehead atoms. The number of pyridine rings is 1. The number of rotatable bonds is 2. The summed E-state index contributed by atoms with van der Waals surface area (Å²) in [4.78, 5) is 18.7. The third-order valence-corrected chi connectivity index (χ3v) is 3.78. The first kappa shape index (κ1) is 13.1. The molecule has 0 radical (unpaired) electrons. The number of carbonyl (C=O) groups excluding carboxylic acids is 1. The van der Waals surface area contributed by atoms with Gasteiger partial charge < -0.3 is 4.90 Å². The maximum Gasteiger partial charge on any atom is 0.254 e. The SMILES string of the molecule is O=C1c2ccccc2CCCN1Cc1cc(Cl)ccn1. The van der Waals surface area contributed by atoms with Crippen LogP contribution >= 0.6 is 11.6 Å². The van der Waals surface area contributed by atoms with E-state index in [0.29, 0.717) is 11.6 Å². The van der Waals surface area contributed by atoms with E-state index in [2.05, 4.69) is 4.98 Å². The molecule has 0 N–H and O–H groups in total. The Morgan fingerprint density at radius 1 is 1.25 bits per heavy atom. The summed E-state index contributed by atoms with van der Waals surface area (Å²) < 4.78 is 0. The van der Waals surface area contributed by atoms with Crippen LogP contribution in [0.1, 0.15) is 28.0 Å². The molecular formula is C16H15ClN2O. The van der Waals surface area contributed by atoms with Crippen molar-refractivity contribution < 1.29 is 4.79 Å². The number of benzene rings is 1. The monoisotopic (exact) mass is 286 g/mol. The molecule has 1 aliphatic heterocycles. The Labute approximate surface area is 123 Å². The van der Waals surface area contributed by atoms with Crippen LogP contribution in [0.4, 0.5) is 0 Å². The van der Waals surface area contributed by atoms with Crippen molar-refractivity contribution in [2.24, 2.45) is 0 Å². The number of carbonyl (C=O) groups is 1. The van der Waals surface area contributed by atoms with E-state index in [1.54, 1.807) is 12.3 Å². The van der Waals surface area contributed by atoms with Crippen LogP contribution < -0.4 is 0 Å². The second-order valence-corrected chi connectivity index (χ2v) is 5.39. The van der Waals surface area contributed by atoms with E-state index in [1.807, 2.05) is 35.2 Å². The van der Waals surface area contributed by atoms with E-state index in [4.69, 9.17) is 11.6 Å². The fourth-order valence-electron chi connectivity index (χ4n) is 2.56. The van der Waals surface area contributed by atoms with E-state index >= 15 is 0 Å². The highest BCUT2D eigenvalue weighted by Gasteiger charge is 2.22.